The molecule has 3 rings (SSSR count). The molecule has 2 aliphatic rings. The Morgan fingerprint density at radius 3 is 1.56 bits per heavy atom. The molecule has 0 saturated carbocycles. The lowest BCUT2D eigenvalue weighted by Gasteiger charge is -2.19. The summed E-state index contributed by atoms with van der Waals surface area (Å²) in [4.78, 5) is 19.2. The van der Waals surface area contributed by atoms with E-state index < -0.39 is 17.7 Å². The summed E-state index contributed by atoms with van der Waals surface area (Å²) in [5.41, 5.74) is 0.896. The van der Waals surface area contributed by atoms with E-state index in [-0.39, 0.29) is 11.1 Å². The first-order valence-corrected chi connectivity index (χ1v) is 9.99. The first-order chi connectivity index (χ1) is 14.9. The topological polar surface area (TPSA) is 149 Å². The van der Waals surface area contributed by atoms with Crippen molar-refractivity contribution in [2.45, 2.75) is 45.2 Å². The summed E-state index contributed by atoms with van der Waals surface area (Å²) in [6.07, 6.45) is 1.09. The molecule has 2 heterocycles. The highest BCUT2D eigenvalue weighted by Gasteiger charge is 2.26. The van der Waals surface area contributed by atoms with Crippen LogP contribution in [0.1, 0.15) is 32.8 Å². The normalized spacial score (nSPS) is 17.7. The summed E-state index contributed by atoms with van der Waals surface area (Å²) < 4.78 is 15.1. The predicted molar refractivity (Wildman–Crippen MR) is 118 cm³/mol. The van der Waals surface area contributed by atoms with Crippen LogP contribution in [0.15, 0.2) is 54.6 Å². The Bertz CT molecular complexity index is 660. The Morgan fingerprint density at radius 2 is 1.31 bits per heavy atom. The molecule has 2 aliphatic heterocycles. The highest BCUT2D eigenvalue weighted by molar-refractivity contribution is 5.85. The van der Waals surface area contributed by atoms with Crippen molar-refractivity contribution < 1.29 is 44.2 Å². The summed E-state index contributed by atoms with van der Waals surface area (Å²) in [7, 11) is 0. The quantitative estimate of drug-likeness (QED) is 0.264. The molecule has 1 aromatic rings. The summed E-state index contributed by atoms with van der Waals surface area (Å²) in [6, 6.07) is 8.81. The van der Waals surface area contributed by atoms with Crippen LogP contribution in [0.3, 0.4) is 0 Å². The molecule has 0 amide bonds. The van der Waals surface area contributed by atoms with Gasteiger partial charge in [0, 0.05) is 23.1 Å². The van der Waals surface area contributed by atoms with E-state index in [4.69, 9.17) is 24.4 Å². The first kappa shape index (κ1) is 29.4. The van der Waals surface area contributed by atoms with Crippen LogP contribution in [-0.4, -0.2) is 71.0 Å². The minimum atomic E-state index is -1.67. The van der Waals surface area contributed by atoms with Crippen LogP contribution in [0, 0.1) is 0 Å². The molecule has 32 heavy (non-hydrogen) atoms. The van der Waals surface area contributed by atoms with Gasteiger partial charge in [0.2, 0.25) is 0 Å². The van der Waals surface area contributed by atoms with Crippen LogP contribution in [0.5, 0.6) is 0 Å². The minimum absolute atomic E-state index is 0.176. The molecule has 2 saturated heterocycles. The van der Waals surface area contributed by atoms with Crippen molar-refractivity contribution in [3.8, 4) is 0 Å². The summed E-state index contributed by atoms with van der Waals surface area (Å²) in [6.45, 7) is 14.2. The molecule has 9 heteroatoms. The maximum Gasteiger partial charge on any atom is 0.330 e. The van der Waals surface area contributed by atoms with Crippen molar-refractivity contribution >= 4 is 11.9 Å². The molecular formula is C23H34O9. The van der Waals surface area contributed by atoms with E-state index in [9.17, 15) is 19.8 Å². The van der Waals surface area contributed by atoms with Crippen molar-refractivity contribution in [1.29, 1.82) is 0 Å². The maximum atomic E-state index is 9.60. The van der Waals surface area contributed by atoms with Gasteiger partial charge in [0.05, 0.1) is 26.4 Å². The lowest BCUT2D eigenvalue weighted by molar-refractivity contribution is -0.171. The highest BCUT2D eigenvalue weighted by atomic mass is 16.6. The van der Waals surface area contributed by atoms with Gasteiger partial charge in [-0.1, -0.05) is 50.4 Å². The lowest BCUT2D eigenvalue weighted by atomic mass is 10.0. The fourth-order valence-electron chi connectivity index (χ4n) is 1.57. The molecule has 0 radical (unpaired) electrons. The van der Waals surface area contributed by atoms with Gasteiger partial charge in [-0.25, -0.2) is 9.59 Å². The number of benzene rings is 1. The number of carboxylic acid groups (broad SMARTS) is 2. The second kappa shape index (κ2) is 15.3. The molecule has 9 nitrogen and oxygen atoms in total. The third-order valence-corrected chi connectivity index (χ3v) is 3.87. The van der Waals surface area contributed by atoms with Gasteiger partial charge in [-0.15, -0.1) is 0 Å². The van der Waals surface area contributed by atoms with Gasteiger partial charge in [0.1, 0.15) is 12.2 Å². The Balaban J connectivity index is 0.000000416. The minimum Gasteiger partial charge on any atom is -0.478 e. The number of ether oxygens (including phenoxy) is 3. The number of carbonyl (C=O) groups is 2. The zero-order chi connectivity index (χ0) is 24.7. The molecule has 0 spiro atoms. The van der Waals surface area contributed by atoms with Gasteiger partial charge >= 0.3 is 11.9 Å². The molecule has 0 bridgehead atoms. The summed E-state index contributed by atoms with van der Waals surface area (Å²) in [5.74, 6) is -3.54. The number of aliphatic carboxylic acids is 2. The summed E-state index contributed by atoms with van der Waals surface area (Å²) in [5, 5.41) is 34.5. The van der Waals surface area contributed by atoms with Crippen LogP contribution in [0.25, 0.3) is 0 Å². The van der Waals surface area contributed by atoms with Gasteiger partial charge in [-0.3, -0.25) is 0 Å². The number of aliphatic hydroxyl groups is 2. The fourth-order valence-corrected chi connectivity index (χ4v) is 1.57. The lowest BCUT2D eigenvalue weighted by Crippen LogP contribution is -2.23. The third kappa shape index (κ3) is 16.2. The number of carboxylic acids is 2. The molecule has 0 aromatic heterocycles. The number of epoxide rings is 2. The van der Waals surface area contributed by atoms with E-state index in [0.29, 0.717) is 24.2 Å². The third-order valence-electron chi connectivity index (χ3n) is 3.87. The molecule has 4 N–H and O–H groups in total. The van der Waals surface area contributed by atoms with Gasteiger partial charge < -0.3 is 34.6 Å². The van der Waals surface area contributed by atoms with Crippen LogP contribution in [0.4, 0.5) is 0 Å². The Morgan fingerprint density at radius 1 is 0.969 bits per heavy atom. The molecule has 1 aromatic carbocycles. The van der Waals surface area contributed by atoms with Crippen molar-refractivity contribution in [3.63, 3.8) is 0 Å². The Labute approximate surface area is 188 Å². The van der Waals surface area contributed by atoms with E-state index in [2.05, 4.69) is 13.2 Å². The van der Waals surface area contributed by atoms with Crippen molar-refractivity contribution in [1.82, 2.24) is 0 Å². The molecule has 0 aliphatic carbocycles. The second-order valence-corrected chi connectivity index (χ2v) is 7.16. The van der Waals surface area contributed by atoms with Crippen LogP contribution in [-0.2, 0) is 29.6 Å². The first-order valence-electron chi connectivity index (χ1n) is 9.99. The maximum absolute atomic E-state index is 9.60. The Kier molecular flexibility index (Phi) is 14.1. The molecular weight excluding hydrogens is 420 g/mol. The van der Waals surface area contributed by atoms with E-state index in [1.807, 2.05) is 6.07 Å². The average molecular weight is 455 g/mol. The highest BCUT2D eigenvalue weighted by Crippen LogP contribution is 2.20. The molecule has 180 valence electrons. The molecule has 2 fully saturated rings. The van der Waals surface area contributed by atoms with Gasteiger partial charge in [-0.2, -0.15) is 0 Å². The van der Waals surface area contributed by atoms with E-state index in [1.54, 1.807) is 31.2 Å². The number of hydrogen-bond acceptors (Lipinski definition) is 7. The van der Waals surface area contributed by atoms with Crippen LogP contribution in [0.2, 0.25) is 0 Å². The predicted octanol–water partition coefficient (Wildman–Crippen LogP) is 2.33. The average Bonchev–Trinajstić information content (AvgIpc) is 3.66. The molecule has 2 unspecified atom stereocenters. The van der Waals surface area contributed by atoms with Gasteiger partial charge in [0.15, 0.2) is 5.79 Å². The second-order valence-electron chi connectivity index (χ2n) is 7.16. The van der Waals surface area contributed by atoms with Crippen LogP contribution >= 0.6 is 0 Å². The van der Waals surface area contributed by atoms with Crippen molar-refractivity contribution in [3.05, 3.63) is 60.2 Å². The largest absolute Gasteiger partial charge is 0.478 e. The van der Waals surface area contributed by atoms with Crippen molar-refractivity contribution in [2.24, 2.45) is 0 Å². The number of rotatable bonds is 8. The monoisotopic (exact) mass is 454 g/mol. The van der Waals surface area contributed by atoms with E-state index in [0.717, 1.165) is 26.4 Å². The summed E-state index contributed by atoms with van der Waals surface area (Å²) >= 11 is 0. The van der Waals surface area contributed by atoms with E-state index >= 15 is 0 Å². The molecule has 2 atom stereocenters. The van der Waals surface area contributed by atoms with Gasteiger partial charge in [0.25, 0.3) is 0 Å². The van der Waals surface area contributed by atoms with Gasteiger partial charge in [-0.05, 0) is 13.8 Å². The smallest absolute Gasteiger partial charge is 0.330 e. The Hall–Kier alpha value is -2.56. The zero-order valence-corrected chi connectivity index (χ0v) is 18.8. The van der Waals surface area contributed by atoms with Crippen LogP contribution < -0.4 is 0 Å². The SMILES string of the molecule is C(OCC1CO1)C1CO1.C=C(C)C(=O)O.C=C(C)C(=O)O.CCC(O)(O)c1ccccc1. The number of hydrogen-bond donors (Lipinski definition) is 4. The van der Waals surface area contributed by atoms with Crippen molar-refractivity contribution in [2.75, 3.05) is 26.4 Å². The zero-order valence-electron chi connectivity index (χ0n) is 18.8. The van der Waals surface area contributed by atoms with E-state index in [1.165, 1.54) is 13.8 Å². The fraction of sp³-hybridized carbons (Fsp3) is 0.478. The standard InChI is InChI=1S/C9H12O2.C6H10O3.2C4H6O2/c1-2-9(10,11)8-6-4-3-5-7-8;1(5-3-8-5)7-2-6-4-9-6;2*1-3(2)4(5)6/h3-7,10-11H,2H2,1H3;5-6H,1-4H2;2*1H2,2H3,(H,5,6).